The summed E-state index contributed by atoms with van der Waals surface area (Å²) in [6.07, 6.45) is -3.71. The van der Waals surface area contributed by atoms with Gasteiger partial charge in [0, 0.05) is 18.8 Å². The Balaban J connectivity index is 2.95. The summed E-state index contributed by atoms with van der Waals surface area (Å²) in [5, 5.41) is -0.209. The molecule has 0 radical (unpaired) electrons. The molecule has 3 nitrogen and oxygen atoms in total. The van der Waals surface area contributed by atoms with Crippen molar-refractivity contribution in [2.75, 3.05) is 0 Å². The maximum absolute atomic E-state index is 11.8. The Kier molecular flexibility index (Phi) is 3.17. The average Bonchev–Trinajstić information content (AvgIpc) is 2.06. The first-order chi connectivity index (χ1) is 6.42. The molecule has 2 N–H and O–H groups in total. The predicted molar refractivity (Wildman–Crippen MR) is 43.8 cm³/mol. The number of nitrogens with two attached hydrogens (primary N) is 1. The lowest BCUT2D eigenvalue weighted by atomic mass is 10.3. The fourth-order valence-corrected chi connectivity index (χ4v) is 0.917. The maximum atomic E-state index is 11.8. The smallest absolute Gasteiger partial charge is 0.404 e. The van der Waals surface area contributed by atoms with Crippen molar-refractivity contribution in [3.05, 3.63) is 23.0 Å². The Hall–Kier alpha value is -1.01. The molecule has 0 unspecified atom stereocenters. The Bertz CT molecular complexity index is 329. The zero-order valence-corrected chi connectivity index (χ0v) is 7.56. The minimum absolute atomic E-state index is 0.0192. The third-order valence-electron chi connectivity index (χ3n) is 1.31. The first kappa shape index (κ1) is 11.1. The summed E-state index contributed by atoms with van der Waals surface area (Å²) in [5.74, 6) is -0.491. The third-order valence-corrected chi connectivity index (χ3v) is 1.60. The van der Waals surface area contributed by atoms with Crippen molar-refractivity contribution in [2.45, 2.75) is 12.9 Å². The van der Waals surface area contributed by atoms with Gasteiger partial charge in [0.15, 0.2) is 5.75 Å². The molecule has 0 aromatic carbocycles. The van der Waals surface area contributed by atoms with Crippen LogP contribution in [-0.2, 0) is 6.54 Å². The zero-order valence-electron chi connectivity index (χ0n) is 6.81. The fourth-order valence-electron chi connectivity index (χ4n) is 0.775. The number of ether oxygens (including phenoxy) is 1. The third kappa shape index (κ3) is 3.04. The van der Waals surface area contributed by atoms with E-state index in [4.69, 9.17) is 17.3 Å². The fraction of sp³-hybridized carbons (Fsp3) is 0.286. The Morgan fingerprint density at radius 1 is 1.50 bits per heavy atom. The Labute approximate surface area is 82.6 Å². The quantitative estimate of drug-likeness (QED) is 0.840. The molecular formula is C7H6ClF3N2O. The van der Waals surface area contributed by atoms with Crippen LogP contribution in [0.4, 0.5) is 13.2 Å². The van der Waals surface area contributed by atoms with Crippen LogP contribution in [0, 0.1) is 0 Å². The molecule has 1 aromatic rings. The number of hydrogen-bond donors (Lipinski definition) is 1. The van der Waals surface area contributed by atoms with E-state index in [1.165, 1.54) is 0 Å². The highest BCUT2D eigenvalue weighted by molar-refractivity contribution is 6.31. The number of aromatic nitrogens is 1. The minimum Gasteiger partial charge on any atom is -0.404 e. The number of nitrogens with zero attached hydrogens (tertiary/aromatic N) is 1. The first-order valence-corrected chi connectivity index (χ1v) is 3.90. The van der Waals surface area contributed by atoms with Gasteiger partial charge in [0.05, 0.1) is 5.69 Å². The summed E-state index contributed by atoms with van der Waals surface area (Å²) in [4.78, 5) is 3.68. The normalized spacial score (nSPS) is 11.5. The van der Waals surface area contributed by atoms with Gasteiger partial charge in [-0.25, -0.2) is 0 Å². The van der Waals surface area contributed by atoms with Crippen molar-refractivity contribution in [1.29, 1.82) is 0 Å². The van der Waals surface area contributed by atoms with Gasteiger partial charge in [-0.2, -0.15) is 0 Å². The van der Waals surface area contributed by atoms with Crippen molar-refractivity contribution < 1.29 is 17.9 Å². The van der Waals surface area contributed by atoms with Crippen molar-refractivity contribution >= 4 is 11.6 Å². The van der Waals surface area contributed by atoms with Crippen LogP contribution < -0.4 is 10.5 Å². The predicted octanol–water partition coefficient (Wildman–Crippen LogP) is 2.09. The van der Waals surface area contributed by atoms with Crippen LogP contribution in [0.2, 0.25) is 5.02 Å². The standard InChI is InChI=1S/C7H6ClF3N2O/c8-5-3-13-4(2-12)1-6(5)14-7(9,10)11/h1,3H,2,12H2. The second-order valence-corrected chi connectivity index (χ2v) is 2.77. The molecule has 0 aliphatic rings. The monoisotopic (exact) mass is 226 g/mol. The van der Waals surface area contributed by atoms with Gasteiger partial charge in [0.25, 0.3) is 0 Å². The van der Waals surface area contributed by atoms with E-state index in [1.54, 1.807) is 0 Å². The molecule has 14 heavy (non-hydrogen) atoms. The molecule has 0 saturated carbocycles. The van der Waals surface area contributed by atoms with Crippen LogP contribution in [-0.4, -0.2) is 11.3 Å². The van der Waals surface area contributed by atoms with Crippen LogP contribution in [0.15, 0.2) is 12.3 Å². The molecule has 1 aromatic heterocycles. The van der Waals surface area contributed by atoms with Gasteiger partial charge < -0.3 is 10.5 Å². The largest absolute Gasteiger partial charge is 0.573 e. The van der Waals surface area contributed by atoms with Crippen LogP contribution in [0.25, 0.3) is 0 Å². The summed E-state index contributed by atoms with van der Waals surface area (Å²) in [6, 6.07) is 1.05. The number of hydrogen-bond acceptors (Lipinski definition) is 3. The molecule has 0 spiro atoms. The SMILES string of the molecule is NCc1cc(OC(F)(F)F)c(Cl)cn1. The topological polar surface area (TPSA) is 48.1 Å². The molecular weight excluding hydrogens is 221 g/mol. The Morgan fingerprint density at radius 3 is 2.64 bits per heavy atom. The average molecular weight is 227 g/mol. The van der Waals surface area contributed by atoms with E-state index in [0.29, 0.717) is 0 Å². The van der Waals surface area contributed by atoms with Gasteiger partial charge in [0.1, 0.15) is 5.02 Å². The summed E-state index contributed by atoms with van der Waals surface area (Å²) in [6.45, 7) is 0.0192. The number of rotatable bonds is 2. The van der Waals surface area contributed by atoms with Gasteiger partial charge in [-0.05, 0) is 0 Å². The van der Waals surface area contributed by atoms with Crippen molar-refractivity contribution in [3.63, 3.8) is 0 Å². The Morgan fingerprint density at radius 2 is 2.14 bits per heavy atom. The van der Waals surface area contributed by atoms with Gasteiger partial charge in [-0.1, -0.05) is 11.6 Å². The maximum Gasteiger partial charge on any atom is 0.573 e. The molecule has 1 heterocycles. The molecule has 0 bridgehead atoms. The highest BCUT2D eigenvalue weighted by atomic mass is 35.5. The van der Waals surface area contributed by atoms with E-state index in [0.717, 1.165) is 12.3 Å². The molecule has 0 aliphatic carbocycles. The lowest BCUT2D eigenvalue weighted by Gasteiger charge is -2.10. The van der Waals surface area contributed by atoms with E-state index in [1.807, 2.05) is 0 Å². The first-order valence-electron chi connectivity index (χ1n) is 3.52. The molecule has 0 saturated heterocycles. The second kappa shape index (κ2) is 4.02. The van der Waals surface area contributed by atoms with E-state index >= 15 is 0 Å². The van der Waals surface area contributed by atoms with E-state index < -0.39 is 12.1 Å². The highest BCUT2D eigenvalue weighted by Gasteiger charge is 2.32. The summed E-state index contributed by atoms with van der Waals surface area (Å²) >= 11 is 5.43. The number of halogens is 4. The molecule has 7 heteroatoms. The number of pyridine rings is 1. The van der Waals surface area contributed by atoms with Gasteiger partial charge >= 0.3 is 6.36 Å². The van der Waals surface area contributed by atoms with Crippen molar-refractivity contribution in [1.82, 2.24) is 4.98 Å². The van der Waals surface area contributed by atoms with E-state index in [2.05, 4.69) is 9.72 Å². The van der Waals surface area contributed by atoms with Crippen molar-refractivity contribution in [2.24, 2.45) is 5.73 Å². The van der Waals surface area contributed by atoms with Crippen LogP contribution in [0.3, 0.4) is 0 Å². The minimum atomic E-state index is -4.77. The molecule has 0 fully saturated rings. The lowest BCUT2D eigenvalue weighted by molar-refractivity contribution is -0.274. The van der Waals surface area contributed by atoms with Crippen LogP contribution in [0.1, 0.15) is 5.69 Å². The van der Waals surface area contributed by atoms with Crippen molar-refractivity contribution in [3.8, 4) is 5.75 Å². The lowest BCUT2D eigenvalue weighted by Crippen LogP contribution is -2.17. The van der Waals surface area contributed by atoms with Gasteiger partial charge in [-0.3, -0.25) is 4.98 Å². The molecule has 0 atom stereocenters. The van der Waals surface area contributed by atoms with Gasteiger partial charge in [0.2, 0.25) is 0 Å². The molecule has 0 amide bonds. The van der Waals surface area contributed by atoms with Crippen LogP contribution >= 0.6 is 11.6 Å². The van der Waals surface area contributed by atoms with Crippen LogP contribution in [0.5, 0.6) is 5.75 Å². The second-order valence-electron chi connectivity index (χ2n) is 2.36. The molecule has 1 rings (SSSR count). The van der Waals surface area contributed by atoms with Gasteiger partial charge in [-0.15, -0.1) is 13.2 Å². The summed E-state index contributed by atoms with van der Waals surface area (Å²) < 4.78 is 39.1. The van der Waals surface area contributed by atoms with E-state index in [-0.39, 0.29) is 17.3 Å². The van der Waals surface area contributed by atoms with E-state index in [9.17, 15) is 13.2 Å². The number of alkyl halides is 3. The molecule has 78 valence electrons. The highest BCUT2D eigenvalue weighted by Crippen LogP contribution is 2.29. The summed E-state index contributed by atoms with van der Waals surface area (Å²) in [7, 11) is 0. The summed E-state index contributed by atoms with van der Waals surface area (Å²) in [5.41, 5.74) is 5.46. The zero-order chi connectivity index (χ0) is 10.8. The molecule has 0 aliphatic heterocycles.